The van der Waals surface area contributed by atoms with Gasteiger partial charge >= 0.3 is 20.4 Å². The number of hydrogen-bond acceptors (Lipinski definition) is 4. The van der Waals surface area contributed by atoms with Crippen molar-refractivity contribution in [1.82, 2.24) is 19.3 Å². The molecule has 0 bridgehead atoms. The smallest absolute Gasteiger partial charge is 0.509 e. The van der Waals surface area contributed by atoms with Crippen molar-refractivity contribution in [2.45, 2.75) is 27.7 Å². The van der Waals surface area contributed by atoms with Crippen molar-refractivity contribution in [3.05, 3.63) is 174 Å². The Kier molecular flexibility index (Phi) is 9.91. The fourth-order valence-corrected chi connectivity index (χ4v) is 7.83. The maximum atomic E-state index is 6.65. The number of nitrogens with zero attached hydrogens (tertiary/aromatic N) is 4. The number of fused-ring (bicyclic) bond motifs is 3. The van der Waals surface area contributed by atoms with E-state index in [0.717, 1.165) is 72.7 Å². The normalized spacial score (nSPS) is 11.2. The number of methoxy groups -OCH3 is 1. The van der Waals surface area contributed by atoms with E-state index in [1.54, 1.807) is 13.3 Å². The van der Waals surface area contributed by atoms with E-state index >= 15 is 0 Å². The molecule has 0 N–H and O–H groups in total. The third kappa shape index (κ3) is 6.60. The Balaban J connectivity index is 0.00000441. The molecule has 9 aromatic rings. The first-order valence-corrected chi connectivity index (χ1v) is 18.4. The van der Waals surface area contributed by atoms with Crippen molar-refractivity contribution in [3.8, 4) is 62.4 Å². The van der Waals surface area contributed by atoms with Crippen LogP contribution in [-0.4, -0.2) is 26.4 Å². The van der Waals surface area contributed by atoms with E-state index in [2.05, 4.69) is 129 Å². The summed E-state index contributed by atoms with van der Waals surface area (Å²) in [5.74, 6) is 2.59. The fourth-order valence-electron chi connectivity index (χ4n) is 7.83. The van der Waals surface area contributed by atoms with Crippen LogP contribution in [0, 0.1) is 39.8 Å². The second-order valence-electron chi connectivity index (χ2n) is 14.0. The predicted octanol–water partition coefficient (Wildman–Crippen LogP) is 12.0. The van der Waals surface area contributed by atoms with Crippen LogP contribution in [0.1, 0.15) is 22.3 Å². The van der Waals surface area contributed by atoms with Crippen molar-refractivity contribution in [2.24, 2.45) is 0 Å². The van der Waals surface area contributed by atoms with E-state index in [1.807, 2.05) is 53.2 Å². The zero-order valence-corrected chi connectivity index (χ0v) is 33.3. The summed E-state index contributed by atoms with van der Waals surface area (Å²) < 4.78 is 16.3. The number of aromatic nitrogens is 4. The van der Waals surface area contributed by atoms with Gasteiger partial charge in [0.15, 0.2) is 0 Å². The maximum absolute atomic E-state index is 6.65. The first kappa shape index (κ1) is 36.7. The maximum Gasteiger partial charge on any atom is 2.00 e. The summed E-state index contributed by atoms with van der Waals surface area (Å²) in [5, 5.41) is 7.57. The number of benzene rings is 6. The van der Waals surface area contributed by atoms with Gasteiger partial charge in [-0.25, -0.2) is 4.98 Å². The first-order valence-electron chi connectivity index (χ1n) is 18.4. The Morgan fingerprint density at radius 3 is 2.02 bits per heavy atom. The van der Waals surface area contributed by atoms with Crippen LogP contribution >= 0.6 is 0 Å². The van der Waals surface area contributed by atoms with Gasteiger partial charge < -0.3 is 14.0 Å². The predicted molar refractivity (Wildman–Crippen MR) is 222 cm³/mol. The number of ether oxygens (including phenoxy) is 2. The minimum absolute atomic E-state index is 0. The number of para-hydroxylation sites is 1. The Hall–Kier alpha value is -6.26. The van der Waals surface area contributed by atoms with Gasteiger partial charge in [0.2, 0.25) is 0 Å². The van der Waals surface area contributed by atoms with Gasteiger partial charge in [0.25, 0.3) is 0 Å². The van der Waals surface area contributed by atoms with Crippen LogP contribution < -0.4 is 9.47 Å². The average Bonchev–Trinajstić information content (AvgIpc) is 3.74. The van der Waals surface area contributed by atoms with E-state index < -0.39 is 0 Å². The van der Waals surface area contributed by atoms with Crippen LogP contribution in [0.25, 0.3) is 67.0 Å². The molecule has 0 aliphatic heterocycles. The van der Waals surface area contributed by atoms with E-state index in [1.165, 1.54) is 22.3 Å². The first-order chi connectivity index (χ1) is 26.9. The van der Waals surface area contributed by atoms with Crippen LogP contribution in [0.3, 0.4) is 0 Å². The zero-order valence-electron chi connectivity index (χ0n) is 31.7. The molecule has 0 radical (unpaired) electrons. The van der Waals surface area contributed by atoms with Gasteiger partial charge in [0, 0.05) is 46.0 Å². The van der Waals surface area contributed by atoms with Crippen molar-refractivity contribution in [3.63, 3.8) is 0 Å². The van der Waals surface area contributed by atoms with E-state index in [9.17, 15) is 0 Å². The molecule has 0 atom stereocenters. The standard InChI is InChI=1S/C49H38N4O2.Pd/c1-31-24-33(3)46(34(4)25-31)47-48(35-14-8-6-9-15-35)51-53(49(47)36-16-10-7-11-17-36)37-26-32(2)27-40(28-37)55-39-20-21-42-41-18-12-13-19-43(41)52(44(42)29-39)45-30-38(54-5)22-23-50-45;/h6-27,30H,1-5H3;/q-2;+2. The molecule has 3 heterocycles. The topological polar surface area (TPSA) is 54.1 Å². The molecule has 0 unspecified atom stereocenters. The summed E-state index contributed by atoms with van der Waals surface area (Å²) in [4.78, 5) is 4.71. The van der Waals surface area contributed by atoms with E-state index in [0.29, 0.717) is 11.5 Å². The van der Waals surface area contributed by atoms with Gasteiger partial charge in [0.05, 0.1) is 12.8 Å². The molecule has 9 rings (SSSR count). The Labute approximate surface area is 340 Å². The molecule has 276 valence electrons. The minimum Gasteiger partial charge on any atom is -0.509 e. The third-order valence-electron chi connectivity index (χ3n) is 10.1. The summed E-state index contributed by atoms with van der Waals surface area (Å²) >= 11 is 0. The average molecular weight is 821 g/mol. The molecule has 0 aliphatic carbocycles. The fraction of sp³-hybridized carbons (Fsp3) is 0.102. The summed E-state index contributed by atoms with van der Waals surface area (Å²) in [6.45, 7) is 8.61. The number of aryl methyl sites for hydroxylation is 4. The van der Waals surface area contributed by atoms with Crippen molar-refractivity contribution in [1.29, 1.82) is 0 Å². The molecule has 0 saturated heterocycles. The largest absolute Gasteiger partial charge is 2.00 e. The molecule has 3 aromatic heterocycles. The third-order valence-corrected chi connectivity index (χ3v) is 10.1. The Bertz CT molecular complexity index is 2850. The van der Waals surface area contributed by atoms with Crippen molar-refractivity contribution in [2.75, 3.05) is 7.11 Å². The zero-order chi connectivity index (χ0) is 37.6. The van der Waals surface area contributed by atoms with Crippen LogP contribution in [-0.2, 0) is 20.4 Å². The van der Waals surface area contributed by atoms with Gasteiger partial charge in [-0.05, 0) is 60.7 Å². The van der Waals surface area contributed by atoms with Gasteiger partial charge in [0.1, 0.15) is 17.3 Å². The molecule has 0 aliphatic rings. The molecule has 0 fully saturated rings. The van der Waals surface area contributed by atoms with Crippen LogP contribution in [0.2, 0.25) is 0 Å². The number of pyridine rings is 1. The minimum atomic E-state index is 0. The molecule has 0 spiro atoms. The Morgan fingerprint density at radius 1 is 0.607 bits per heavy atom. The quantitative estimate of drug-likeness (QED) is 0.113. The van der Waals surface area contributed by atoms with Crippen molar-refractivity contribution < 1.29 is 29.9 Å². The number of rotatable bonds is 8. The van der Waals surface area contributed by atoms with Crippen LogP contribution in [0.15, 0.2) is 140 Å². The molecule has 0 saturated carbocycles. The second-order valence-corrected chi connectivity index (χ2v) is 14.0. The van der Waals surface area contributed by atoms with Gasteiger partial charge in [-0.2, -0.15) is 16.7 Å². The van der Waals surface area contributed by atoms with E-state index in [-0.39, 0.29) is 20.4 Å². The summed E-state index contributed by atoms with van der Waals surface area (Å²) in [7, 11) is 1.66. The van der Waals surface area contributed by atoms with Gasteiger partial charge in [-0.15, -0.1) is 35.7 Å². The van der Waals surface area contributed by atoms with E-state index in [4.69, 9.17) is 19.6 Å². The van der Waals surface area contributed by atoms with Gasteiger partial charge in [-0.3, -0.25) is 4.68 Å². The van der Waals surface area contributed by atoms with Crippen LogP contribution in [0.4, 0.5) is 0 Å². The molecule has 7 heteroatoms. The summed E-state index contributed by atoms with van der Waals surface area (Å²) in [6, 6.07) is 52.9. The Morgan fingerprint density at radius 2 is 1.29 bits per heavy atom. The SMILES string of the molecule is COc1ccnc(-n2c3[c-]c(Oc4[c-]c(-n5nc(-c6ccccc6)c(-c6c(C)cc(C)cc6C)c5-c5ccccc5)cc(C)c4)ccc3c3ccccc32)c1.[Pd+2]. The molecule has 0 amide bonds. The van der Waals surface area contributed by atoms with Crippen molar-refractivity contribution >= 4 is 21.8 Å². The second kappa shape index (κ2) is 15.1. The van der Waals surface area contributed by atoms with Crippen LogP contribution in [0.5, 0.6) is 17.2 Å². The molecule has 6 nitrogen and oxygen atoms in total. The number of hydrogen-bond donors (Lipinski definition) is 0. The molecule has 56 heavy (non-hydrogen) atoms. The summed E-state index contributed by atoms with van der Waals surface area (Å²) in [5.41, 5.74) is 13.6. The molecular weight excluding hydrogens is 783 g/mol. The molecular formula is C49H38N4O2Pd. The summed E-state index contributed by atoms with van der Waals surface area (Å²) in [6.07, 6.45) is 1.76. The van der Waals surface area contributed by atoms with Gasteiger partial charge in [-0.1, -0.05) is 109 Å². The molecule has 6 aromatic carbocycles. The monoisotopic (exact) mass is 820 g/mol.